The van der Waals surface area contributed by atoms with Crippen molar-refractivity contribution < 1.29 is 8.42 Å². The summed E-state index contributed by atoms with van der Waals surface area (Å²) in [6.45, 7) is 1.22. The van der Waals surface area contributed by atoms with Crippen LogP contribution in [-0.2, 0) is 10.0 Å². The van der Waals surface area contributed by atoms with Gasteiger partial charge in [-0.25, -0.2) is 8.42 Å². The van der Waals surface area contributed by atoms with Crippen LogP contribution in [0.1, 0.15) is 0 Å². The van der Waals surface area contributed by atoms with E-state index in [0.717, 1.165) is 5.39 Å². The van der Waals surface area contributed by atoms with E-state index in [1.807, 2.05) is 18.2 Å². The average molecular weight is 248 g/mol. The van der Waals surface area contributed by atoms with E-state index >= 15 is 0 Å². The van der Waals surface area contributed by atoms with E-state index < -0.39 is 10.0 Å². The third-order valence-electron chi connectivity index (χ3n) is 2.94. The molecular weight excluding hydrogens is 236 g/mol. The molecule has 0 radical (unpaired) electrons. The highest BCUT2D eigenvalue weighted by Crippen LogP contribution is 2.31. The van der Waals surface area contributed by atoms with Crippen molar-refractivity contribution in [2.45, 2.75) is 4.90 Å². The maximum Gasteiger partial charge on any atom is 0.243 e. The number of rotatable bonds is 2. The van der Waals surface area contributed by atoms with Crippen molar-refractivity contribution in [3.05, 3.63) is 36.4 Å². The van der Waals surface area contributed by atoms with Crippen LogP contribution >= 0.6 is 0 Å². The Morgan fingerprint density at radius 2 is 1.65 bits per heavy atom. The van der Waals surface area contributed by atoms with Gasteiger partial charge in [-0.3, -0.25) is 0 Å². The van der Waals surface area contributed by atoms with Gasteiger partial charge in [-0.15, -0.1) is 0 Å². The molecular formula is C12H12N2O2S. The molecule has 17 heavy (non-hydrogen) atoms. The van der Waals surface area contributed by atoms with Gasteiger partial charge in [0.1, 0.15) is 0 Å². The number of hydrogen-bond donors (Lipinski definition) is 1. The van der Waals surface area contributed by atoms with Crippen molar-refractivity contribution in [2.24, 2.45) is 0 Å². The molecule has 0 atom stereocenters. The molecule has 2 N–H and O–H groups in total. The summed E-state index contributed by atoms with van der Waals surface area (Å²) in [7, 11) is -3.33. The lowest BCUT2D eigenvalue weighted by Gasteiger charge is -2.09. The van der Waals surface area contributed by atoms with Gasteiger partial charge in [-0.05, 0) is 12.1 Å². The monoisotopic (exact) mass is 248 g/mol. The predicted molar refractivity (Wildman–Crippen MR) is 67.1 cm³/mol. The lowest BCUT2D eigenvalue weighted by atomic mass is 10.1. The zero-order valence-corrected chi connectivity index (χ0v) is 9.94. The van der Waals surface area contributed by atoms with Crippen LogP contribution in [0.2, 0.25) is 0 Å². The highest BCUT2D eigenvalue weighted by molar-refractivity contribution is 7.89. The summed E-state index contributed by atoms with van der Waals surface area (Å²) in [6.07, 6.45) is 0. The van der Waals surface area contributed by atoms with Crippen molar-refractivity contribution >= 4 is 26.5 Å². The third kappa shape index (κ3) is 1.59. The fraction of sp³-hybridized carbons (Fsp3) is 0.167. The molecule has 0 bridgehead atoms. The molecule has 0 aromatic heterocycles. The van der Waals surface area contributed by atoms with Crippen LogP contribution in [0.25, 0.3) is 10.8 Å². The van der Waals surface area contributed by atoms with Crippen molar-refractivity contribution in [3.63, 3.8) is 0 Å². The molecule has 0 unspecified atom stereocenters. The first kappa shape index (κ1) is 10.6. The van der Waals surface area contributed by atoms with Crippen molar-refractivity contribution in [3.8, 4) is 0 Å². The summed E-state index contributed by atoms with van der Waals surface area (Å²) >= 11 is 0. The summed E-state index contributed by atoms with van der Waals surface area (Å²) < 4.78 is 25.9. The average Bonchev–Trinajstić information content (AvgIpc) is 3.13. The minimum absolute atomic E-state index is 0.347. The van der Waals surface area contributed by atoms with E-state index in [9.17, 15) is 8.42 Å². The number of benzene rings is 2. The molecule has 1 aliphatic heterocycles. The Kier molecular flexibility index (Phi) is 2.14. The summed E-state index contributed by atoms with van der Waals surface area (Å²) in [5.74, 6) is 0. The van der Waals surface area contributed by atoms with Crippen molar-refractivity contribution in [2.75, 3.05) is 18.8 Å². The van der Waals surface area contributed by atoms with Crippen molar-refractivity contribution in [1.82, 2.24) is 4.31 Å². The maximum absolute atomic E-state index is 12.2. The van der Waals surface area contributed by atoms with E-state index in [1.165, 1.54) is 4.31 Å². The van der Waals surface area contributed by atoms with E-state index in [0.29, 0.717) is 29.1 Å². The first-order chi connectivity index (χ1) is 8.10. The largest absolute Gasteiger partial charge is 0.398 e. The molecule has 88 valence electrons. The molecule has 0 spiro atoms. The molecule has 2 aromatic rings. The lowest BCUT2D eigenvalue weighted by Crippen LogP contribution is -2.12. The summed E-state index contributed by atoms with van der Waals surface area (Å²) in [5, 5.41) is 1.48. The Balaban J connectivity index is 2.34. The zero-order chi connectivity index (χ0) is 12.0. The molecule has 1 heterocycles. The van der Waals surface area contributed by atoms with E-state index in [4.69, 9.17) is 5.73 Å². The van der Waals surface area contributed by atoms with Crippen LogP contribution in [0.3, 0.4) is 0 Å². The number of anilines is 1. The summed E-state index contributed by atoms with van der Waals surface area (Å²) in [5.41, 5.74) is 6.45. The van der Waals surface area contributed by atoms with Gasteiger partial charge >= 0.3 is 0 Å². The number of nitrogen functional groups attached to an aromatic ring is 1. The van der Waals surface area contributed by atoms with Crippen LogP contribution in [0.15, 0.2) is 41.3 Å². The van der Waals surface area contributed by atoms with Gasteiger partial charge in [0.25, 0.3) is 0 Å². The first-order valence-electron chi connectivity index (χ1n) is 5.38. The van der Waals surface area contributed by atoms with Gasteiger partial charge < -0.3 is 5.73 Å². The second kappa shape index (κ2) is 3.45. The Hall–Kier alpha value is -1.59. The lowest BCUT2D eigenvalue weighted by molar-refractivity contribution is 0.564. The zero-order valence-electron chi connectivity index (χ0n) is 9.13. The number of nitrogens with two attached hydrogens (primary N) is 1. The standard InChI is InChI=1S/C12H12N2O2S/c13-11-5-6-12(17(15,16)14-7-8-14)10-4-2-1-3-9(10)11/h1-6H,7-8,13H2. The summed E-state index contributed by atoms with van der Waals surface area (Å²) in [6, 6.07) is 10.5. The molecule has 3 rings (SSSR count). The normalized spacial score (nSPS) is 16.2. The molecule has 0 aliphatic carbocycles. The van der Waals surface area contributed by atoms with E-state index in [2.05, 4.69) is 0 Å². The van der Waals surface area contributed by atoms with Crippen molar-refractivity contribution in [1.29, 1.82) is 0 Å². The molecule has 1 fully saturated rings. The molecule has 5 heteroatoms. The van der Waals surface area contributed by atoms with Gasteiger partial charge in [0, 0.05) is 29.5 Å². The fourth-order valence-electron chi connectivity index (χ4n) is 1.94. The van der Waals surface area contributed by atoms with Crippen LogP contribution in [-0.4, -0.2) is 25.8 Å². The molecule has 2 aromatic carbocycles. The molecule has 0 saturated carbocycles. The van der Waals surface area contributed by atoms with Crippen LogP contribution in [0, 0.1) is 0 Å². The minimum Gasteiger partial charge on any atom is -0.398 e. The topological polar surface area (TPSA) is 63.2 Å². The van der Waals surface area contributed by atoms with Gasteiger partial charge in [0.15, 0.2) is 0 Å². The molecule has 0 amide bonds. The van der Waals surface area contributed by atoms with Gasteiger partial charge in [0.05, 0.1) is 4.90 Å². The first-order valence-corrected chi connectivity index (χ1v) is 6.82. The highest BCUT2D eigenvalue weighted by Gasteiger charge is 2.34. The minimum atomic E-state index is -3.33. The number of nitrogens with zero attached hydrogens (tertiary/aromatic N) is 1. The molecule has 1 aliphatic rings. The van der Waals surface area contributed by atoms with E-state index in [-0.39, 0.29) is 0 Å². The van der Waals surface area contributed by atoms with Gasteiger partial charge in [-0.1, -0.05) is 24.3 Å². The third-order valence-corrected chi connectivity index (χ3v) is 4.90. The number of fused-ring (bicyclic) bond motifs is 1. The molecule has 1 saturated heterocycles. The molecule has 4 nitrogen and oxygen atoms in total. The quantitative estimate of drug-likeness (QED) is 0.646. The Labute approximate surface area is 99.7 Å². The van der Waals surface area contributed by atoms with Gasteiger partial charge in [0.2, 0.25) is 10.0 Å². The fourth-order valence-corrected chi connectivity index (χ4v) is 3.48. The van der Waals surface area contributed by atoms with Gasteiger partial charge in [-0.2, -0.15) is 4.31 Å². The number of hydrogen-bond acceptors (Lipinski definition) is 3. The maximum atomic E-state index is 12.2. The Bertz CT molecular complexity index is 691. The van der Waals surface area contributed by atoms with Crippen LogP contribution in [0.4, 0.5) is 5.69 Å². The smallest absolute Gasteiger partial charge is 0.243 e. The van der Waals surface area contributed by atoms with Crippen LogP contribution in [0.5, 0.6) is 0 Å². The predicted octanol–water partition coefficient (Wildman–Crippen LogP) is 1.43. The highest BCUT2D eigenvalue weighted by atomic mass is 32.2. The summed E-state index contributed by atoms with van der Waals surface area (Å²) in [4.78, 5) is 0.347. The number of sulfonamides is 1. The Morgan fingerprint density at radius 1 is 1.00 bits per heavy atom. The second-order valence-electron chi connectivity index (χ2n) is 4.10. The Morgan fingerprint density at radius 3 is 2.29 bits per heavy atom. The SMILES string of the molecule is Nc1ccc(S(=O)(=O)N2CC2)c2ccccc12. The van der Waals surface area contributed by atoms with E-state index in [1.54, 1.807) is 18.2 Å². The second-order valence-corrected chi connectivity index (χ2v) is 6.01. The van der Waals surface area contributed by atoms with Crippen LogP contribution < -0.4 is 5.73 Å².